The third kappa shape index (κ3) is 2.51. The van der Waals surface area contributed by atoms with Crippen LogP contribution < -0.4 is 0 Å². The molecule has 3 aromatic rings. The van der Waals surface area contributed by atoms with Gasteiger partial charge in [-0.05, 0) is 36.8 Å². The molecule has 106 valence electrons. The van der Waals surface area contributed by atoms with Crippen LogP contribution in [-0.2, 0) is 7.05 Å². The summed E-state index contributed by atoms with van der Waals surface area (Å²) in [5.41, 5.74) is 3.06. The minimum absolute atomic E-state index is 0.176. The van der Waals surface area contributed by atoms with Crippen molar-refractivity contribution in [2.45, 2.75) is 6.92 Å². The highest BCUT2D eigenvalue weighted by Crippen LogP contribution is 2.25. The molecule has 3 rings (SSSR count). The van der Waals surface area contributed by atoms with Gasteiger partial charge in [-0.2, -0.15) is 0 Å². The van der Waals surface area contributed by atoms with E-state index in [9.17, 15) is 9.18 Å². The zero-order chi connectivity index (χ0) is 15.1. The molecule has 1 heterocycles. The third-order valence-corrected chi connectivity index (χ3v) is 3.97. The second kappa shape index (κ2) is 5.11. The lowest BCUT2D eigenvalue weighted by atomic mass is 10.0. The number of halogens is 2. The van der Waals surface area contributed by atoms with E-state index in [1.165, 1.54) is 12.1 Å². The van der Waals surface area contributed by atoms with Gasteiger partial charge in [-0.15, -0.1) is 0 Å². The van der Waals surface area contributed by atoms with E-state index in [0.29, 0.717) is 15.6 Å². The van der Waals surface area contributed by atoms with Crippen molar-refractivity contribution in [3.05, 3.63) is 69.6 Å². The van der Waals surface area contributed by atoms with Crippen LogP contribution in [-0.4, -0.2) is 10.4 Å². The molecule has 1 aromatic heterocycles. The summed E-state index contributed by atoms with van der Waals surface area (Å²) in [5, 5.41) is 0.883. The predicted octanol–water partition coefficient (Wildman–Crippen LogP) is 4.62. The number of carbonyl (C=O) groups is 1. The van der Waals surface area contributed by atoms with Gasteiger partial charge < -0.3 is 4.57 Å². The van der Waals surface area contributed by atoms with Gasteiger partial charge in [-0.3, -0.25) is 4.79 Å². The molecule has 4 heteroatoms. The van der Waals surface area contributed by atoms with E-state index >= 15 is 0 Å². The van der Waals surface area contributed by atoms with Crippen molar-refractivity contribution < 1.29 is 9.18 Å². The monoisotopic (exact) mass is 345 g/mol. The molecule has 0 bridgehead atoms. The van der Waals surface area contributed by atoms with Gasteiger partial charge in [0, 0.05) is 39.7 Å². The van der Waals surface area contributed by atoms with Crippen LogP contribution in [0.25, 0.3) is 10.9 Å². The van der Waals surface area contributed by atoms with Crippen LogP contribution in [0.15, 0.2) is 47.1 Å². The van der Waals surface area contributed by atoms with Gasteiger partial charge >= 0.3 is 0 Å². The molecule has 0 N–H and O–H groups in total. The number of ketones is 1. The molecule has 2 aromatic carbocycles. The molecule has 0 radical (unpaired) electrons. The molecule has 0 amide bonds. The summed E-state index contributed by atoms with van der Waals surface area (Å²) in [4.78, 5) is 12.7. The number of nitrogens with zero attached hydrogens (tertiary/aromatic N) is 1. The highest BCUT2D eigenvalue weighted by molar-refractivity contribution is 9.10. The first-order chi connectivity index (χ1) is 9.95. The summed E-state index contributed by atoms with van der Waals surface area (Å²) in [5.74, 6) is -0.603. The number of rotatable bonds is 2. The Labute approximate surface area is 130 Å². The topological polar surface area (TPSA) is 22.0 Å². The van der Waals surface area contributed by atoms with E-state index in [0.717, 1.165) is 16.5 Å². The summed E-state index contributed by atoms with van der Waals surface area (Å²) in [6.45, 7) is 2.01. The molecule has 0 spiro atoms. The maximum atomic E-state index is 13.5. The molecule has 0 unspecified atom stereocenters. The number of fused-ring (bicyclic) bond motifs is 1. The second-order valence-electron chi connectivity index (χ2n) is 5.16. The fourth-order valence-electron chi connectivity index (χ4n) is 2.52. The number of aryl methyl sites for hydroxylation is 2. The lowest BCUT2D eigenvalue weighted by Gasteiger charge is -2.02. The highest BCUT2D eigenvalue weighted by Gasteiger charge is 2.17. The van der Waals surface area contributed by atoms with Crippen LogP contribution in [0, 0.1) is 12.7 Å². The van der Waals surface area contributed by atoms with Crippen molar-refractivity contribution >= 4 is 32.6 Å². The maximum Gasteiger partial charge on any atom is 0.195 e. The van der Waals surface area contributed by atoms with Crippen LogP contribution in [0.1, 0.15) is 21.5 Å². The number of benzene rings is 2. The molecule has 0 atom stereocenters. The number of hydrogen-bond donors (Lipinski definition) is 0. The summed E-state index contributed by atoms with van der Waals surface area (Å²) < 4.78 is 16.0. The van der Waals surface area contributed by atoms with Gasteiger partial charge in [-0.25, -0.2) is 4.39 Å². The summed E-state index contributed by atoms with van der Waals surface area (Å²) >= 11 is 3.22. The van der Waals surface area contributed by atoms with E-state index in [-0.39, 0.29) is 5.78 Å². The van der Waals surface area contributed by atoms with Gasteiger partial charge in [-0.1, -0.05) is 28.1 Å². The first-order valence-corrected chi connectivity index (χ1v) is 7.31. The molecule has 0 aliphatic heterocycles. The van der Waals surface area contributed by atoms with Crippen molar-refractivity contribution in [3.63, 3.8) is 0 Å². The van der Waals surface area contributed by atoms with Crippen LogP contribution in [0.2, 0.25) is 0 Å². The molecule has 2 nitrogen and oxygen atoms in total. The maximum absolute atomic E-state index is 13.5. The lowest BCUT2D eigenvalue weighted by molar-refractivity contribution is 0.103. The first-order valence-electron chi connectivity index (χ1n) is 6.52. The minimum Gasteiger partial charge on any atom is -0.350 e. The Bertz CT molecular complexity index is 846. The Morgan fingerprint density at radius 3 is 2.67 bits per heavy atom. The summed E-state index contributed by atoms with van der Waals surface area (Å²) in [6.07, 6.45) is 1.80. The molecule has 0 saturated heterocycles. The normalized spacial score (nSPS) is 11.0. The zero-order valence-electron chi connectivity index (χ0n) is 11.7. The van der Waals surface area contributed by atoms with Gasteiger partial charge in [0.15, 0.2) is 5.78 Å². The summed E-state index contributed by atoms with van der Waals surface area (Å²) in [7, 11) is 1.90. The smallest absolute Gasteiger partial charge is 0.195 e. The Hall–Kier alpha value is -1.94. The van der Waals surface area contributed by atoms with Gasteiger partial charge in [0.1, 0.15) is 5.82 Å². The molecule has 0 aliphatic carbocycles. The Morgan fingerprint density at radius 1 is 1.19 bits per heavy atom. The molecule has 0 aliphatic rings. The van der Waals surface area contributed by atoms with Crippen molar-refractivity contribution in [2.24, 2.45) is 7.05 Å². The van der Waals surface area contributed by atoms with Crippen LogP contribution in [0.4, 0.5) is 4.39 Å². The SMILES string of the molecule is Cc1ccc2c(C(=O)c3cc(F)cc(Br)c3)cn(C)c2c1. The number of carbonyl (C=O) groups excluding carboxylic acids is 1. The first kappa shape index (κ1) is 14.0. The highest BCUT2D eigenvalue weighted by atomic mass is 79.9. The summed E-state index contributed by atoms with van der Waals surface area (Å²) in [6, 6.07) is 10.2. The third-order valence-electron chi connectivity index (χ3n) is 3.52. The lowest BCUT2D eigenvalue weighted by Crippen LogP contribution is -2.01. The number of aromatic nitrogens is 1. The fourth-order valence-corrected chi connectivity index (χ4v) is 2.98. The Balaban J connectivity index is 2.18. The van der Waals surface area contributed by atoms with E-state index in [1.807, 2.05) is 36.7 Å². The van der Waals surface area contributed by atoms with E-state index in [2.05, 4.69) is 15.9 Å². The largest absolute Gasteiger partial charge is 0.350 e. The average molecular weight is 346 g/mol. The molecular weight excluding hydrogens is 333 g/mol. The van der Waals surface area contributed by atoms with Crippen molar-refractivity contribution in [1.82, 2.24) is 4.57 Å². The fraction of sp³-hybridized carbons (Fsp3) is 0.118. The molecular formula is C17H13BrFNO. The standard InChI is InChI=1S/C17H13BrFNO/c1-10-3-4-14-15(9-20(2)16(14)5-10)17(21)11-6-12(18)8-13(19)7-11/h3-9H,1-2H3. The Morgan fingerprint density at radius 2 is 1.95 bits per heavy atom. The quantitative estimate of drug-likeness (QED) is 0.621. The van der Waals surface area contributed by atoms with Crippen LogP contribution >= 0.6 is 15.9 Å². The van der Waals surface area contributed by atoms with Crippen molar-refractivity contribution in [2.75, 3.05) is 0 Å². The zero-order valence-corrected chi connectivity index (χ0v) is 13.2. The van der Waals surface area contributed by atoms with E-state index < -0.39 is 5.82 Å². The average Bonchev–Trinajstić information content (AvgIpc) is 2.74. The van der Waals surface area contributed by atoms with Gasteiger partial charge in [0.05, 0.1) is 0 Å². The van der Waals surface area contributed by atoms with Gasteiger partial charge in [0.25, 0.3) is 0 Å². The molecule has 0 saturated carbocycles. The predicted molar refractivity (Wildman–Crippen MR) is 85.2 cm³/mol. The Kier molecular flexibility index (Phi) is 3.41. The van der Waals surface area contributed by atoms with Crippen LogP contribution in [0.3, 0.4) is 0 Å². The molecule has 21 heavy (non-hydrogen) atoms. The molecule has 0 fully saturated rings. The second-order valence-corrected chi connectivity index (χ2v) is 6.08. The number of hydrogen-bond acceptors (Lipinski definition) is 1. The van der Waals surface area contributed by atoms with Crippen molar-refractivity contribution in [3.8, 4) is 0 Å². The van der Waals surface area contributed by atoms with E-state index in [4.69, 9.17) is 0 Å². The van der Waals surface area contributed by atoms with Crippen molar-refractivity contribution in [1.29, 1.82) is 0 Å². The minimum atomic E-state index is -0.427. The van der Waals surface area contributed by atoms with Gasteiger partial charge in [0.2, 0.25) is 0 Å². The van der Waals surface area contributed by atoms with E-state index in [1.54, 1.807) is 12.3 Å². The van der Waals surface area contributed by atoms with Crippen LogP contribution in [0.5, 0.6) is 0 Å².